The van der Waals surface area contributed by atoms with Crippen LogP contribution in [0.2, 0.25) is 5.28 Å². The lowest BCUT2D eigenvalue weighted by atomic mass is 10.3. The zero-order valence-electron chi connectivity index (χ0n) is 10.7. The third kappa shape index (κ3) is 3.51. The van der Waals surface area contributed by atoms with E-state index < -0.39 is 4.92 Å². The van der Waals surface area contributed by atoms with Gasteiger partial charge in [0.2, 0.25) is 11.1 Å². The second-order valence-corrected chi connectivity index (χ2v) is 4.94. The zero-order valence-corrected chi connectivity index (χ0v) is 11.4. The van der Waals surface area contributed by atoms with E-state index in [1.54, 1.807) is 0 Å². The molecule has 0 amide bonds. The molecule has 1 unspecified atom stereocenters. The minimum absolute atomic E-state index is 0.00178. The fraction of sp³-hybridized carbons (Fsp3) is 0.636. The number of aromatic nitrogens is 2. The number of nitrogens with one attached hydrogen (secondary N) is 1. The van der Waals surface area contributed by atoms with Gasteiger partial charge >= 0.3 is 5.69 Å². The van der Waals surface area contributed by atoms with Crippen LogP contribution in [0, 0.1) is 10.1 Å². The molecule has 1 aromatic rings. The number of nitro groups is 1. The first-order valence-corrected chi connectivity index (χ1v) is 6.60. The first-order chi connectivity index (χ1) is 9.08. The molecule has 0 aromatic carbocycles. The van der Waals surface area contributed by atoms with Crippen molar-refractivity contribution in [1.29, 1.82) is 0 Å². The van der Waals surface area contributed by atoms with Gasteiger partial charge in [-0.25, -0.2) is 4.98 Å². The average molecular weight is 286 g/mol. The van der Waals surface area contributed by atoms with Gasteiger partial charge in [0.1, 0.15) is 6.20 Å². The normalized spacial score (nSPS) is 17.4. The molecule has 1 atom stereocenters. The number of likely N-dealkylation sites (tertiary alicyclic amines) is 1. The van der Waals surface area contributed by atoms with Gasteiger partial charge in [-0.05, 0) is 44.5 Å². The summed E-state index contributed by atoms with van der Waals surface area (Å²) in [6, 6.07) is 0.302. The maximum absolute atomic E-state index is 10.9. The van der Waals surface area contributed by atoms with Crippen molar-refractivity contribution in [1.82, 2.24) is 14.9 Å². The number of halogens is 1. The molecular weight excluding hydrogens is 270 g/mol. The van der Waals surface area contributed by atoms with Gasteiger partial charge in [-0.2, -0.15) is 4.98 Å². The summed E-state index contributed by atoms with van der Waals surface area (Å²) in [5, 5.41) is 13.9. The van der Waals surface area contributed by atoms with Gasteiger partial charge in [-0.3, -0.25) is 15.0 Å². The molecule has 19 heavy (non-hydrogen) atoms. The first-order valence-electron chi connectivity index (χ1n) is 6.23. The van der Waals surface area contributed by atoms with Crippen molar-refractivity contribution in [2.24, 2.45) is 0 Å². The van der Waals surface area contributed by atoms with E-state index in [4.69, 9.17) is 11.6 Å². The predicted octanol–water partition coefficient (Wildman–Crippen LogP) is 1.93. The van der Waals surface area contributed by atoms with Crippen molar-refractivity contribution in [3.63, 3.8) is 0 Å². The summed E-state index contributed by atoms with van der Waals surface area (Å²) in [7, 11) is 0. The summed E-state index contributed by atoms with van der Waals surface area (Å²) >= 11 is 5.67. The van der Waals surface area contributed by atoms with Crippen LogP contribution in [-0.2, 0) is 0 Å². The van der Waals surface area contributed by atoms with Crippen LogP contribution in [0.5, 0.6) is 0 Å². The molecule has 0 bridgehead atoms. The highest BCUT2D eigenvalue weighted by Crippen LogP contribution is 2.22. The SMILES string of the molecule is CC(CNc1nc(Cl)ncc1[N+](=O)[O-])N1CCCC1. The molecule has 1 aliphatic rings. The molecule has 7 nitrogen and oxygen atoms in total. The highest BCUT2D eigenvalue weighted by atomic mass is 35.5. The Morgan fingerprint density at radius 1 is 1.58 bits per heavy atom. The third-order valence-corrected chi connectivity index (χ3v) is 3.45. The first kappa shape index (κ1) is 14.0. The standard InChI is InChI=1S/C11H16ClN5O2/c1-8(16-4-2-3-5-16)6-13-10-9(17(18)19)7-14-11(12)15-10/h7-8H,2-6H2,1H3,(H,13,14,15). The molecular formula is C11H16ClN5O2. The Morgan fingerprint density at radius 2 is 2.26 bits per heavy atom. The van der Waals surface area contributed by atoms with E-state index in [2.05, 4.69) is 27.1 Å². The van der Waals surface area contributed by atoms with E-state index in [0.717, 1.165) is 19.3 Å². The van der Waals surface area contributed by atoms with Crippen LogP contribution in [0.3, 0.4) is 0 Å². The fourth-order valence-electron chi connectivity index (χ4n) is 2.17. The summed E-state index contributed by atoms with van der Waals surface area (Å²) < 4.78 is 0. The van der Waals surface area contributed by atoms with Crippen molar-refractivity contribution in [3.8, 4) is 0 Å². The topological polar surface area (TPSA) is 84.2 Å². The monoisotopic (exact) mass is 285 g/mol. The molecule has 104 valence electrons. The van der Waals surface area contributed by atoms with Gasteiger partial charge in [-0.15, -0.1) is 0 Å². The van der Waals surface area contributed by atoms with Crippen molar-refractivity contribution in [2.75, 3.05) is 25.0 Å². The molecule has 1 aliphatic heterocycles. The van der Waals surface area contributed by atoms with Gasteiger partial charge in [-0.1, -0.05) is 0 Å². The fourth-order valence-corrected chi connectivity index (χ4v) is 2.31. The molecule has 1 fully saturated rings. The van der Waals surface area contributed by atoms with Gasteiger partial charge < -0.3 is 5.32 Å². The van der Waals surface area contributed by atoms with Crippen molar-refractivity contribution >= 4 is 23.1 Å². The van der Waals surface area contributed by atoms with Crippen molar-refractivity contribution < 1.29 is 4.92 Å². The number of rotatable bonds is 5. The molecule has 0 saturated carbocycles. The minimum Gasteiger partial charge on any atom is -0.363 e. The number of hydrogen-bond acceptors (Lipinski definition) is 6. The van der Waals surface area contributed by atoms with Crippen LogP contribution in [0.25, 0.3) is 0 Å². The lowest BCUT2D eigenvalue weighted by Gasteiger charge is -2.23. The van der Waals surface area contributed by atoms with E-state index in [0.29, 0.717) is 12.6 Å². The van der Waals surface area contributed by atoms with Crippen LogP contribution >= 0.6 is 11.6 Å². The second kappa shape index (κ2) is 6.12. The van der Waals surface area contributed by atoms with Gasteiger partial charge in [0, 0.05) is 12.6 Å². The van der Waals surface area contributed by atoms with E-state index in [1.165, 1.54) is 12.8 Å². The zero-order chi connectivity index (χ0) is 13.8. The number of anilines is 1. The van der Waals surface area contributed by atoms with Crippen LogP contribution in [0.1, 0.15) is 19.8 Å². The summed E-state index contributed by atoms with van der Waals surface area (Å²) in [5.41, 5.74) is -0.155. The maximum atomic E-state index is 10.9. The van der Waals surface area contributed by atoms with Gasteiger partial charge in [0.15, 0.2) is 0 Å². The smallest absolute Gasteiger partial charge is 0.329 e. The van der Waals surface area contributed by atoms with E-state index in [9.17, 15) is 10.1 Å². The van der Waals surface area contributed by atoms with E-state index in [1.807, 2.05) is 0 Å². The summed E-state index contributed by atoms with van der Waals surface area (Å²) in [6.07, 6.45) is 3.55. The molecule has 1 saturated heterocycles. The molecule has 1 aromatic heterocycles. The Labute approximate surface area is 116 Å². The lowest BCUT2D eigenvalue weighted by molar-refractivity contribution is -0.384. The largest absolute Gasteiger partial charge is 0.363 e. The highest BCUT2D eigenvalue weighted by Gasteiger charge is 2.21. The van der Waals surface area contributed by atoms with Gasteiger partial charge in [0.25, 0.3) is 0 Å². The highest BCUT2D eigenvalue weighted by molar-refractivity contribution is 6.28. The average Bonchev–Trinajstić information content (AvgIpc) is 2.89. The quantitative estimate of drug-likeness (QED) is 0.505. The van der Waals surface area contributed by atoms with E-state index in [-0.39, 0.29) is 16.8 Å². The molecule has 8 heteroatoms. The summed E-state index contributed by atoms with van der Waals surface area (Å²) in [4.78, 5) is 20.2. The minimum atomic E-state index is -0.515. The molecule has 0 radical (unpaired) electrons. The van der Waals surface area contributed by atoms with Crippen molar-refractivity contribution in [3.05, 3.63) is 21.6 Å². The Morgan fingerprint density at radius 3 is 2.89 bits per heavy atom. The van der Waals surface area contributed by atoms with Gasteiger partial charge in [0.05, 0.1) is 4.92 Å². The van der Waals surface area contributed by atoms with Crippen LogP contribution in [0.15, 0.2) is 6.20 Å². The predicted molar refractivity (Wildman–Crippen MR) is 72.5 cm³/mol. The van der Waals surface area contributed by atoms with Crippen LogP contribution < -0.4 is 5.32 Å². The van der Waals surface area contributed by atoms with Crippen LogP contribution in [0.4, 0.5) is 11.5 Å². The molecule has 0 spiro atoms. The molecule has 2 rings (SSSR count). The Bertz CT molecular complexity index is 464. The lowest BCUT2D eigenvalue weighted by Crippen LogP contribution is -2.35. The Balaban J connectivity index is 2.01. The number of nitrogens with zero attached hydrogens (tertiary/aromatic N) is 4. The van der Waals surface area contributed by atoms with Crippen LogP contribution in [-0.4, -0.2) is 45.5 Å². The summed E-state index contributed by atoms with van der Waals surface area (Å²) in [6.45, 7) is 4.84. The second-order valence-electron chi connectivity index (χ2n) is 4.60. The summed E-state index contributed by atoms with van der Waals surface area (Å²) in [5.74, 6) is 0.177. The Kier molecular flexibility index (Phi) is 4.49. The molecule has 2 heterocycles. The van der Waals surface area contributed by atoms with Crippen molar-refractivity contribution in [2.45, 2.75) is 25.8 Å². The molecule has 0 aliphatic carbocycles. The Hall–Kier alpha value is -1.47. The maximum Gasteiger partial charge on any atom is 0.329 e. The third-order valence-electron chi connectivity index (χ3n) is 3.27. The molecule has 1 N–H and O–H groups in total. The van der Waals surface area contributed by atoms with E-state index >= 15 is 0 Å². The number of hydrogen-bond donors (Lipinski definition) is 1.